The SMILES string of the molecule is COc1ccc(OC)c(CCPc2ccccc2)c1. The van der Waals surface area contributed by atoms with Crippen LogP contribution in [-0.4, -0.2) is 20.4 Å². The van der Waals surface area contributed by atoms with E-state index in [9.17, 15) is 0 Å². The van der Waals surface area contributed by atoms with Crippen molar-refractivity contribution in [1.29, 1.82) is 0 Å². The van der Waals surface area contributed by atoms with Crippen LogP contribution in [0.5, 0.6) is 11.5 Å². The Kier molecular flexibility index (Phi) is 5.23. The molecule has 19 heavy (non-hydrogen) atoms. The van der Waals surface area contributed by atoms with E-state index >= 15 is 0 Å². The fourth-order valence-corrected chi connectivity index (χ4v) is 3.09. The van der Waals surface area contributed by atoms with Crippen LogP contribution in [0.1, 0.15) is 5.56 Å². The highest BCUT2D eigenvalue weighted by molar-refractivity contribution is 7.47. The van der Waals surface area contributed by atoms with Gasteiger partial charge in [0.15, 0.2) is 0 Å². The zero-order valence-corrected chi connectivity index (χ0v) is 12.3. The summed E-state index contributed by atoms with van der Waals surface area (Å²) in [5.74, 6) is 1.83. The van der Waals surface area contributed by atoms with Crippen LogP contribution in [-0.2, 0) is 6.42 Å². The van der Waals surface area contributed by atoms with Gasteiger partial charge in [-0.25, -0.2) is 0 Å². The van der Waals surface area contributed by atoms with Gasteiger partial charge in [-0.2, -0.15) is 0 Å². The van der Waals surface area contributed by atoms with Gasteiger partial charge in [0.25, 0.3) is 0 Å². The van der Waals surface area contributed by atoms with Gasteiger partial charge in [-0.15, -0.1) is 0 Å². The molecule has 0 bridgehead atoms. The number of methoxy groups -OCH3 is 2. The average molecular weight is 274 g/mol. The fourth-order valence-electron chi connectivity index (χ4n) is 1.97. The Morgan fingerprint density at radius 1 is 0.947 bits per heavy atom. The molecule has 0 heterocycles. The number of hydrogen-bond donors (Lipinski definition) is 0. The molecule has 0 saturated carbocycles. The molecule has 1 atom stereocenters. The summed E-state index contributed by atoms with van der Waals surface area (Å²) in [5.41, 5.74) is 1.21. The van der Waals surface area contributed by atoms with Crippen molar-refractivity contribution in [3.8, 4) is 11.5 Å². The molecule has 2 aromatic rings. The molecular formula is C16H19O2P. The molecule has 0 radical (unpaired) electrons. The molecule has 2 nitrogen and oxygen atoms in total. The van der Waals surface area contributed by atoms with Crippen LogP contribution >= 0.6 is 8.58 Å². The summed E-state index contributed by atoms with van der Waals surface area (Å²) in [6.07, 6.45) is 2.14. The first-order valence-electron chi connectivity index (χ1n) is 6.33. The second-order valence-electron chi connectivity index (χ2n) is 4.22. The van der Waals surface area contributed by atoms with E-state index < -0.39 is 0 Å². The van der Waals surface area contributed by atoms with E-state index in [1.54, 1.807) is 14.2 Å². The average Bonchev–Trinajstić information content (AvgIpc) is 2.48. The number of benzene rings is 2. The van der Waals surface area contributed by atoms with E-state index in [2.05, 4.69) is 36.4 Å². The van der Waals surface area contributed by atoms with Gasteiger partial charge >= 0.3 is 0 Å². The Morgan fingerprint density at radius 3 is 2.42 bits per heavy atom. The molecule has 0 aromatic heterocycles. The van der Waals surface area contributed by atoms with Crippen molar-refractivity contribution in [2.24, 2.45) is 0 Å². The molecule has 100 valence electrons. The van der Waals surface area contributed by atoms with Crippen molar-refractivity contribution in [3.05, 3.63) is 54.1 Å². The molecule has 0 amide bonds. The Balaban J connectivity index is 1.98. The molecule has 0 aliphatic heterocycles. The molecule has 0 spiro atoms. The Hall–Kier alpha value is -1.53. The summed E-state index contributed by atoms with van der Waals surface area (Å²) >= 11 is 0. The normalized spacial score (nSPS) is 10.8. The molecule has 2 rings (SSSR count). The van der Waals surface area contributed by atoms with Crippen LogP contribution in [0, 0.1) is 0 Å². The van der Waals surface area contributed by atoms with Crippen molar-refractivity contribution in [1.82, 2.24) is 0 Å². The molecule has 0 aliphatic carbocycles. The summed E-state index contributed by atoms with van der Waals surface area (Å²) in [4.78, 5) is 0. The third-order valence-corrected chi connectivity index (χ3v) is 4.23. The summed E-state index contributed by atoms with van der Waals surface area (Å²) in [5, 5.41) is 1.41. The minimum absolute atomic E-state index is 0.829. The van der Waals surface area contributed by atoms with Gasteiger partial charge in [0.1, 0.15) is 11.5 Å². The van der Waals surface area contributed by atoms with Gasteiger partial charge in [-0.1, -0.05) is 38.9 Å². The van der Waals surface area contributed by atoms with E-state index in [1.807, 2.05) is 12.1 Å². The molecule has 0 fully saturated rings. The fraction of sp³-hybridized carbons (Fsp3) is 0.250. The summed E-state index contributed by atoms with van der Waals surface area (Å²) in [6, 6.07) is 16.6. The standard InChI is InChI=1S/C16H19O2P/c1-17-14-8-9-16(18-2)13(12-14)10-11-19-15-6-4-3-5-7-15/h3-9,12,19H,10-11H2,1-2H3. The first kappa shape index (κ1) is 13.9. The van der Waals surface area contributed by atoms with Gasteiger partial charge in [-0.3, -0.25) is 0 Å². The summed E-state index contributed by atoms with van der Waals surface area (Å²) in [7, 11) is 4.23. The first-order valence-corrected chi connectivity index (χ1v) is 7.54. The predicted molar refractivity (Wildman–Crippen MR) is 82.5 cm³/mol. The highest BCUT2D eigenvalue weighted by atomic mass is 31.1. The van der Waals surface area contributed by atoms with Crippen molar-refractivity contribution in [2.75, 3.05) is 20.4 Å². The van der Waals surface area contributed by atoms with Gasteiger partial charge in [-0.05, 0) is 41.6 Å². The molecule has 0 N–H and O–H groups in total. The molecule has 0 aliphatic rings. The first-order chi connectivity index (χ1) is 9.33. The highest BCUT2D eigenvalue weighted by Gasteiger charge is 2.05. The molecule has 3 heteroatoms. The minimum Gasteiger partial charge on any atom is -0.497 e. The minimum atomic E-state index is 0.829. The number of ether oxygens (including phenoxy) is 2. The van der Waals surface area contributed by atoms with Crippen molar-refractivity contribution in [3.63, 3.8) is 0 Å². The van der Waals surface area contributed by atoms with Crippen LogP contribution in [0.25, 0.3) is 0 Å². The van der Waals surface area contributed by atoms with Crippen molar-refractivity contribution < 1.29 is 9.47 Å². The zero-order valence-electron chi connectivity index (χ0n) is 11.3. The van der Waals surface area contributed by atoms with Crippen LogP contribution in [0.3, 0.4) is 0 Å². The second-order valence-corrected chi connectivity index (χ2v) is 5.65. The van der Waals surface area contributed by atoms with Crippen LogP contribution in [0.4, 0.5) is 0 Å². The third kappa shape index (κ3) is 3.97. The lowest BCUT2D eigenvalue weighted by Crippen LogP contribution is -1.98. The largest absolute Gasteiger partial charge is 0.497 e. The smallest absolute Gasteiger partial charge is 0.122 e. The number of aryl methyl sites for hydroxylation is 1. The van der Waals surface area contributed by atoms with Gasteiger partial charge in [0.2, 0.25) is 0 Å². The molecular weight excluding hydrogens is 255 g/mol. The van der Waals surface area contributed by atoms with E-state index in [0.717, 1.165) is 32.7 Å². The monoisotopic (exact) mass is 274 g/mol. The van der Waals surface area contributed by atoms with Gasteiger partial charge in [0.05, 0.1) is 14.2 Å². The number of rotatable bonds is 6. The Bertz CT molecular complexity index is 511. The molecule has 1 unspecified atom stereocenters. The number of hydrogen-bond acceptors (Lipinski definition) is 2. The Morgan fingerprint density at radius 2 is 1.74 bits per heavy atom. The van der Waals surface area contributed by atoms with Crippen LogP contribution in [0.15, 0.2) is 48.5 Å². The maximum Gasteiger partial charge on any atom is 0.122 e. The van der Waals surface area contributed by atoms with E-state index in [-0.39, 0.29) is 0 Å². The van der Waals surface area contributed by atoms with Gasteiger partial charge in [0, 0.05) is 0 Å². The molecule has 0 saturated heterocycles. The quantitative estimate of drug-likeness (QED) is 0.753. The summed E-state index contributed by atoms with van der Waals surface area (Å²) in [6.45, 7) is 0. The summed E-state index contributed by atoms with van der Waals surface area (Å²) < 4.78 is 10.7. The maximum absolute atomic E-state index is 5.40. The molecule has 2 aromatic carbocycles. The predicted octanol–water partition coefficient (Wildman–Crippen LogP) is 3.25. The van der Waals surface area contributed by atoms with Crippen molar-refractivity contribution >= 4 is 13.9 Å². The maximum atomic E-state index is 5.40. The zero-order chi connectivity index (χ0) is 13.5. The van der Waals surface area contributed by atoms with E-state index in [4.69, 9.17) is 9.47 Å². The van der Waals surface area contributed by atoms with E-state index in [1.165, 1.54) is 10.9 Å². The Labute approximate surface area is 116 Å². The third-order valence-electron chi connectivity index (χ3n) is 2.98. The van der Waals surface area contributed by atoms with Crippen LogP contribution in [0.2, 0.25) is 0 Å². The highest BCUT2D eigenvalue weighted by Crippen LogP contribution is 2.26. The lowest BCUT2D eigenvalue weighted by Gasteiger charge is -2.10. The topological polar surface area (TPSA) is 18.5 Å². The van der Waals surface area contributed by atoms with E-state index in [0.29, 0.717) is 0 Å². The lowest BCUT2D eigenvalue weighted by molar-refractivity contribution is 0.399. The van der Waals surface area contributed by atoms with Crippen LogP contribution < -0.4 is 14.8 Å². The lowest BCUT2D eigenvalue weighted by atomic mass is 10.1. The van der Waals surface area contributed by atoms with Crippen molar-refractivity contribution in [2.45, 2.75) is 6.42 Å². The second kappa shape index (κ2) is 7.16. The van der Waals surface area contributed by atoms with Gasteiger partial charge < -0.3 is 9.47 Å².